The normalized spacial score (nSPS) is 30.9. The summed E-state index contributed by atoms with van der Waals surface area (Å²) in [5.74, 6) is 0.507. The van der Waals surface area contributed by atoms with Gasteiger partial charge in [0.1, 0.15) is 21.2 Å². The fourth-order valence-corrected chi connectivity index (χ4v) is 10.3. The van der Waals surface area contributed by atoms with Crippen LogP contribution in [-0.2, 0) is 31.4 Å². The van der Waals surface area contributed by atoms with Crippen LogP contribution in [0.25, 0.3) is 0 Å². The number of carbonyl (C=O) groups is 1. The number of thiophene rings is 1. The zero-order chi connectivity index (χ0) is 26.1. The van der Waals surface area contributed by atoms with E-state index in [0.717, 1.165) is 43.3 Å². The van der Waals surface area contributed by atoms with Crippen molar-refractivity contribution in [3.05, 3.63) is 22.3 Å². The Morgan fingerprint density at radius 2 is 1.95 bits per heavy atom. The number of nitrogens with one attached hydrogen (secondary N) is 2. The average Bonchev–Trinajstić information content (AvgIpc) is 3.60. The van der Waals surface area contributed by atoms with E-state index in [1.807, 2.05) is 4.90 Å². The van der Waals surface area contributed by atoms with Crippen molar-refractivity contribution in [3.8, 4) is 0 Å². The molecule has 1 amide bonds. The highest BCUT2D eigenvalue weighted by Gasteiger charge is 2.57. The van der Waals surface area contributed by atoms with Crippen molar-refractivity contribution in [1.82, 2.24) is 9.62 Å². The SMILES string of the molecule is CS(=O)(=O)NCc1csc2c1S(=O)(=O)N=C(C1=C(O)[C@@H]3[C@H]4CC[C@H](C4)[C@@H]3N(CCC3CCCC3)C1=O)N2. The van der Waals surface area contributed by atoms with Crippen molar-refractivity contribution in [2.45, 2.75) is 68.8 Å². The third-order valence-corrected chi connectivity index (χ3v) is 12.0. The first-order chi connectivity index (χ1) is 17.5. The molecule has 5 aliphatic rings. The predicted octanol–water partition coefficient (Wildman–Crippen LogP) is 2.96. The molecule has 0 aromatic carbocycles. The smallest absolute Gasteiger partial charge is 0.287 e. The molecule has 37 heavy (non-hydrogen) atoms. The maximum atomic E-state index is 13.9. The van der Waals surface area contributed by atoms with E-state index in [4.69, 9.17) is 0 Å². The highest BCUT2D eigenvalue weighted by atomic mass is 32.2. The van der Waals surface area contributed by atoms with Crippen LogP contribution in [0.4, 0.5) is 5.00 Å². The van der Waals surface area contributed by atoms with Gasteiger partial charge < -0.3 is 15.3 Å². The first kappa shape index (κ1) is 25.3. The van der Waals surface area contributed by atoms with Crippen molar-refractivity contribution >= 4 is 48.1 Å². The maximum absolute atomic E-state index is 13.9. The predicted molar refractivity (Wildman–Crippen MR) is 140 cm³/mol. The zero-order valence-electron chi connectivity index (χ0n) is 20.6. The number of aliphatic hydroxyl groups excluding tert-OH is 1. The Hall–Kier alpha value is -1.96. The molecular formula is C24H32N4O6S3. The second kappa shape index (κ2) is 9.06. The highest BCUT2D eigenvalue weighted by molar-refractivity contribution is 7.91. The van der Waals surface area contributed by atoms with Crippen LogP contribution in [0.2, 0.25) is 0 Å². The molecule has 202 valence electrons. The highest BCUT2D eigenvalue weighted by Crippen LogP contribution is 2.55. The van der Waals surface area contributed by atoms with E-state index < -0.39 is 20.0 Å². The number of hydrogen-bond acceptors (Lipinski definition) is 8. The van der Waals surface area contributed by atoms with Gasteiger partial charge in [0, 0.05) is 30.6 Å². The Morgan fingerprint density at radius 3 is 2.68 bits per heavy atom. The van der Waals surface area contributed by atoms with Gasteiger partial charge in [0.2, 0.25) is 10.0 Å². The minimum atomic E-state index is -4.23. The Bertz CT molecular complexity index is 1410. The lowest BCUT2D eigenvalue weighted by Gasteiger charge is -2.44. The van der Waals surface area contributed by atoms with Crippen molar-refractivity contribution in [3.63, 3.8) is 0 Å². The summed E-state index contributed by atoms with van der Waals surface area (Å²) in [5.41, 5.74) is 0.235. The van der Waals surface area contributed by atoms with E-state index in [-0.39, 0.29) is 63.0 Å². The molecule has 3 heterocycles. The van der Waals surface area contributed by atoms with Gasteiger partial charge in [-0.3, -0.25) is 4.79 Å². The van der Waals surface area contributed by atoms with Crippen LogP contribution in [0.3, 0.4) is 0 Å². The van der Waals surface area contributed by atoms with Gasteiger partial charge in [-0.1, -0.05) is 25.7 Å². The number of rotatable bonds is 7. The van der Waals surface area contributed by atoms with Crippen molar-refractivity contribution in [2.75, 3.05) is 18.1 Å². The van der Waals surface area contributed by atoms with Crippen LogP contribution in [0, 0.1) is 23.7 Å². The largest absolute Gasteiger partial charge is 0.511 e. The summed E-state index contributed by atoms with van der Waals surface area (Å²) < 4.78 is 55.8. The van der Waals surface area contributed by atoms with Gasteiger partial charge in [0.05, 0.1) is 6.26 Å². The Kier molecular flexibility index (Phi) is 6.20. The first-order valence-corrected chi connectivity index (χ1v) is 17.2. The van der Waals surface area contributed by atoms with Crippen molar-refractivity contribution in [2.24, 2.45) is 28.1 Å². The van der Waals surface area contributed by atoms with Crippen LogP contribution >= 0.6 is 11.3 Å². The second-order valence-electron chi connectivity index (χ2n) is 11.1. The molecule has 4 atom stereocenters. The molecule has 2 bridgehead atoms. The van der Waals surface area contributed by atoms with Crippen molar-refractivity contribution in [1.29, 1.82) is 0 Å². The molecule has 0 saturated heterocycles. The number of nitrogens with zero attached hydrogens (tertiary/aromatic N) is 2. The maximum Gasteiger partial charge on any atom is 0.287 e. The first-order valence-electron chi connectivity index (χ1n) is 12.9. The number of hydrogen-bond donors (Lipinski definition) is 3. The zero-order valence-corrected chi connectivity index (χ0v) is 23.1. The quantitative estimate of drug-likeness (QED) is 0.458. The van der Waals surface area contributed by atoms with Gasteiger partial charge in [0.25, 0.3) is 15.9 Å². The lowest BCUT2D eigenvalue weighted by Crippen LogP contribution is -2.54. The standard InChI is InChI=1S/C24H32N4O6S3/c1-36(31,32)25-11-16-12-35-23-21(16)37(33,34)27-22(26-23)18-20(29)17-14-6-7-15(10-14)19(17)28(24(18)30)9-8-13-4-2-3-5-13/h12-15,17,19,25,29H,2-11H2,1H3,(H,26,27)/t14-,15+,17+,19-/m0/s1. The number of aliphatic hydroxyl groups is 1. The van der Waals surface area contributed by atoms with Crippen molar-refractivity contribution < 1.29 is 26.7 Å². The average molecular weight is 569 g/mol. The summed E-state index contributed by atoms with van der Waals surface area (Å²) in [4.78, 5) is 15.7. The monoisotopic (exact) mass is 568 g/mol. The third-order valence-electron chi connectivity index (χ3n) is 8.81. The van der Waals surface area contributed by atoms with Crippen LogP contribution < -0.4 is 10.0 Å². The Labute approximate surface area is 221 Å². The molecule has 0 unspecified atom stereocenters. The lowest BCUT2D eigenvalue weighted by atomic mass is 9.77. The molecule has 3 N–H and O–H groups in total. The molecule has 3 saturated carbocycles. The molecule has 0 radical (unpaired) electrons. The van der Waals surface area contributed by atoms with Crippen LogP contribution in [0.5, 0.6) is 0 Å². The molecule has 3 fully saturated rings. The molecular weight excluding hydrogens is 536 g/mol. The summed E-state index contributed by atoms with van der Waals surface area (Å²) in [6, 6.07) is -0.0387. The molecule has 3 aliphatic carbocycles. The minimum absolute atomic E-state index is 0.0387. The van der Waals surface area contributed by atoms with E-state index in [9.17, 15) is 26.7 Å². The van der Waals surface area contributed by atoms with Crippen LogP contribution in [-0.4, -0.2) is 57.4 Å². The van der Waals surface area contributed by atoms with E-state index in [1.54, 1.807) is 5.38 Å². The molecule has 10 nitrogen and oxygen atoms in total. The molecule has 2 aliphatic heterocycles. The van der Waals surface area contributed by atoms with Gasteiger partial charge in [-0.25, -0.2) is 13.1 Å². The lowest BCUT2D eigenvalue weighted by molar-refractivity contribution is -0.133. The van der Waals surface area contributed by atoms with Gasteiger partial charge in [-0.05, 0) is 48.8 Å². The van der Waals surface area contributed by atoms with Gasteiger partial charge >= 0.3 is 0 Å². The number of anilines is 1. The number of fused-ring (bicyclic) bond motifs is 6. The Balaban J connectivity index is 1.34. The number of carbonyl (C=O) groups excluding carboxylic acids is 1. The van der Waals surface area contributed by atoms with Gasteiger partial charge in [-0.2, -0.15) is 8.42 Å². The fraction of sp³-hybridized carbons (Fsp3) is 0.667. The minimum Gasteiger partial charge on any atom is -0.511 e. The number of amidine groups is 1. The topological polar surface area (TPSA) is 145 Å². The number of sulfonamides is 2. The number of amides is 1. The van der Waals surface area contributed by atoms with E-state index in [0.29, 0.717) is 18.4 Å². The summed E-state index contributed by atoms with van der Waals surface area (Å²) >= 11 is 1.10. The Morgan fingerprint density at radius 1 is 1.22 bits per heavy atom. The van der Waals surface area contributed by atoms with Crippen LogP contribution in [0.15, 0.2) is 26.0 Å². The molecule has 1 aromatic heterocycles. The van der Waals surface area contributed by atoms with Gasteiger partial charge in [-0.15, -0.1) is 15.7 Å². The van der Waals surface area contributed by atoms with E-state index in [2.05, 4.69) is 14.4 Å². The third kappa shape index (κ3) is 4.41. The van der Waals surface area contributed by atoms with Gasteiger partial charge in [0.15, 0.2) is 5.84 Å². The molecule has 0 spiro atoms. The summed E-state index contributed by atoms with van der Waals surface area (Å²) in [5, 5.41) is 16.2. The summed E-state index contributed by atoms with van der Waals surface area (Å²) in [7, 11) is -7.76. The molecule has 6 rings (SSSR count). The molecule has 13 heteroatoms. The van der Waals surface area contributed by atoms with Crippen LogP contribution in [0.1, 0.15) is 56.9 Å². The van der Waals surface area contributed by atoms with E-state index >= 15 is 0 Å². The fourth-order valence-electron chi connectivity index (χ4n) is 7.23. The van der Waals surface area contributed by atoms with E-state index in [1.165, 1.54) is 25.7 Å². The summed E-state index contributed by atoms with van der Waals surface area (Å²) in [6.45, 7) is 0.418. The summed E-state index contributed by atoms with van der Waals surface area (Å²) in [6.07, 6.45) is 9.76. The second-order valence-corrected chi connectivity index (χ2v) is 15.4. The molecule has 1 aromatic rings.